The first kappa shape index (κ1) is 16.8. The van der Waals surface area contributed by atoms with Crippen LogP contribution < -0.4 is 0 Å². The van der Waals surface area contributed by atoms with Crippen LogP contribution in [0.1, 0.15) is 29.6 Å². The molecule has 7 heteroatoms. The first-order valence-electron chi connectivity index (χ1n) is 8.50. The Balaban J connectivity index is 1.47. The number of likely N-dealkylation sites (tertiary alicyclic amines) is 2. The second-order valence-corrected chi connectivity index (χ2v) is 6.69. The van der Waals surface area contributed by atoms with E-state index in [2.05, 4.69) is 10.2 Å². The van der Waals surface area contributed by atoms with Crippen molar-refractivity contribution >= 4 is 11.8 Å². The van der Waals surface area contributed by atoms with Crippen LogP contribution in [0.2, 0.25) is 0 Å². The molecule has 2 aliphatic heterocycles. The molecule has 0 saturated carbocycles. The molecular formula is C17H24N4O3. The molecule has 2 amide bonds. The number of aromatic nitrogens is 2. The van der Waals surface area contributed by atoms with Gasteiger partial charge in [0.05, 0.1) is 24.6 Å². The van der Waals surface area contributed by atoms with Crippen LogP contribution >= 0.6 is 0 Å². The fourth-order valence-electron chi connectivity index (χ4n) is 3.61. The standard InChI is InChI=1S/C17H24N4O3/c1-24-12-14-8-16(22)21(11-14)10-13-3-6-20(7-4-13)17(23)15-2-5-18-19-9-15/h2,5,9,13-14H,3-4,6-8,10-12H2,1H3. The van der Waals surface area contributed by atoms with Gasteiger partial charge in [0.2, 0.25) is 5.91 Å². The normalized spacial score (nSPS) is 22.2. The van der Waals surface area contributed by atoms with Crippen LogP contribution in [0.4, 0.5) is 0 Å². The first-order chi connectivity index (χ1) is 11.7. The lowest BCUT2D eigenvalue weighted by Gasteiger charge is -2.34. The molecule has 3 rings (SSSR count). The van der Waals surface area contributed by atoms with Gasteiger partial charge in [-0.15, -0.1) is 0 Å². The van der Waals surface area contributed by atoms with Crippen LogP contribution in [0.15, 0.2) is 18.5 Å². The highest BCUT2D eigenvalue weighted by atomic mass is 16.5. The van der Waals surface area contributed by atoms with Gasteiger partial charge in [0.15, 0.2) is 0 Å². The molecule has 2 fully saturated rings. The molecule has 2 saturated heterocycles. The van der Waals surface area contributed by atoms with Gasteiger partial charge in [0.1, 0.15) is 0 Å². The average Bonchev–Trinajstić information content (AvgIpc) is 2.95. The van der Waals surface area contributed by atoms with Gasteiger partial charge in [-0.1, -0.05) is 0 Å². The summed E-state index contributed by atoms with van der Waals surface area (Å²) in [5.74, 6) is 1.04. The summed E-state index contributed by atoms with van der Waals surface area (Å²) in [6.07, 6.45) is 5.51. The number of carbonyl (C=O) groups excluding carboxylic acids is 2. The van der Waals surface area contributed by atoms with Crippen molar-refractivity contribution in [3.8, 4) is 0 Å². The Kier molecular flexibility index (Phi) is 5.40. The lowest BCUT2D eigenvalue weighted by atomic mass is 9.96. The summed E-state index contributed by atoms with van der Waals surface area (Å²) in [5.41, 5.74) is 0.584. The number of ether oxygens (including phenoxy) is 1. The second kappa shape index (κ2) is 7.70. The van der Waals surface area contributed by atoms with Crippen molar-refractivity contribution in [3.63, 3.8) is 0 Å². The van der Waals surface area contributed by atoms with Crippen molar-refractivity contribution in [3.05, 3.63) is 24.0 Å². The molecule has 0 bridgehead atoms. The second-order valence-electron chi connectivity index (χ2n) is 6.69. The van der Waals surface area contributed by atoms with Crippen LogP contribution in [0.25, 0.3) is 0 Å². The smallest absolute Gasteiger partial charge is 0.255 e. The number of methoxy groups -OCH3 is 1. The summed E-state index contributed by atoms with van der Waals surface area (Å²) >= 11 is 0. The maximum atomic E-state index is 12.4. The molecule has 0 spiro atoms. The SMILES string of the molecule is COCC1CC(=O)N(CC2CCN(C(=O)c3ccnnc3)CC2)C1. The Morgan fingerprint density at radius 2 is 2.08 bits per heavy atom. The summed E-state index contributed by atoms with van der Waals surface area (Å²) in [6.45, 7) is 3.71. The lowest BCUT2D eigenvalue weighted by molar-refractivity contribution is -0.128. The maximum Gasteiger partial charge on any atom is 0.255 e. The molecule has 3 heterocycles. The number of rotatable bonds is 5. The Morgan fingerprint density at radius 1 is 1.29 bits per heavy atom. The number of hydrogen-bond donors (Lipinski definition) is 0. The van der Waals surface area contributed by atoms with Crippen LogP contribution in [-0.2, 0) is 9.53 Å². The van der Waals surface area contributed by atoms with Crippen molar-refractivity contribution < 1.29 is 14.3 Å². The minimum atomic E-state index is 0.0146. The monoisotopic (exact) mass is 332 g/mol. The predicted molar refractivity (Wildman–Crippen MR) is 87.2 cm³/mol. The zero-order chi connectivity index (χ0) is 16.9. The molecule has 130 valence electrons. The van der Waals surface area contributed by atoms with Gasteiger partial charge in [0.25, 0.3) is 5.91 Å². The minimum Gasteiger partial charge on any atom is -0.384 e. The van der Waals surface area contributed by atoms with Gasteiger partial charge in [-0.05, 0) is 24.8 Å². The van der Waals surface area contributed by atoms with E-state index in [4.69, 9.17) is 4.74 Å². The van der Waals surface area contributed by atoms with Crippen molar-refractivity contribution in [1.82, 2.24) is 20.0 Å². The van der Waals surface area contributed by atoms with Crippen molar-refractivity contribution in [1.29, 1.82) is 0 Å². The summed E-state index contributed by atoms with van der Waals surface area (Å²) in [6, 6.07) is 1.69. The summed E-state index contributed by atoms with van der Waals surface area (Å²) in [7, 11) is 1.68. The minimum absolute atomic E-state index is 0.0146. The van der Waals surface area contributed by atoms with Gasteiger partial charge in [-0.2, -0.15) is 10.2 Å². The molecular weight excluding hydrogens is 308 g/mol. The number of nitrogens with zero attached hydrogens (tertiary/aromatic N) is 4. The van der Waals surface area contributed by atoms with E-state index in [-0.39, 0.29) is 11.8 Å². The molecule has 1 aromatic rings. The van der Waals surface area contributed by atoms with Gasteiger partial charge in [-0.3, -0.25) is 9.59 Å². The van der Waals surface area contributed by atoms with E-state index in [1.807, 2.05) is 9.80 Å². The summed E-state index contributed by atoms with van der Waals surface area (Å²) < 4.78 is 5.16. The highest BCUT2D eigenvalue weighted by Crippen LogP contribution is 2.24. The van der Waals surface area contributed by atoms with Gasteiger partial charge >= 0.3 is 0 Å². The Hall–Kier alpha value is -2.02. The molecule has 24 heavy (non-hydrogen) atoms. The van der Waals surface area contributed by atoms with Gasteiger partial charge in [0, 0.05) is 45.6 Å². The highest BCUT2D eigenvalue weighted by Gasteiger charge is 2.32. The topological polar surface area (TPSA) is 75.6 Å². The van der Waals surface area contributed by atoms with Crippen molar-refractivity contribution in [2.75, 3.05) is 39.9 Å². The van der Waals surface area contributed by atoms with E-state index < -0.39 is 0 Å². The summed E-state index contributed by atoms with van der Waals surface area (Å²) in [4.78, 5) is 28.3. The van der Waals surface area contributed by atoms with Crippen molar-refractivity contribution in [2.24, 2.45) is 11.8 Å². The molecule has 0 aliphatic carbocycles. The van der Waals surface area contributed by atoms with E-state index in [9.17, 15) is 9.59 Å². The maximum absolute atomic E-state index is 12.4. The lowest BCUT2D eigenvalue weighted by Crippen LogP contribution is -2.42. The van der Waals surface area contributed by atoms with Crippen LogP contribution in [0.3, 0.4) is 0 Å². The molecule has 0 N–H and O–H groups in total. The Morgan fingerprint density at radius 3 is 2.75 bits per heavy atom. The Bertz CT molecular complexity index is 572. The third-order valence-electron chi connectivity index (χ3n) is 4.91. The van der Waals surface area contributed by atoms with Crippen molar-refractivity contribution in [2.45, 2.75) is 19.3 Å². The zero-order valence-electron chi connectivity index (χ0n) is 14.1. The van der Waals surface area contributed by atoms with Gasteiger partial charge in [-0.25, -0.2) is 0 Å². The van der Waals surface area contributed by atoms with Gasteiger partial charge < -0.3 is 14.5 Å². The fourth-order valence-corrected chi connectivity index (χ4v) is 3.61. The molecule has 1 atom stereocenters. The average molecular weight is 332 g/mol. The van der Waals surface area contributed by atoms with Crippen LogP contribution in [0, 0.1) is 11.8 Å². The molecule has 7 nitrogen and oxygen atoms in total. The van der Waals surface area contributed by atoms with E-state index in [1.165, 1.54) is 12.4 Å². The molecule has 1 unspecified atom stereocenters. The van der Waals surface area contributed by atoms with E-state index >= 15 is 0 Å². The zero-order valence-corrected chi connectivity index (χ0v) is 14.1. The van der Waals surface area contributed by atoms with E-state index in [0.717, 1.165) is 39.0 Å². The third kappa shape index (κ3) is 3.90. The molecule has 0 aromatic carbocycles. The molecule has 2 aliphatic rings. The Labute approximate surface area is 142 Å². The molecule has 0 radical (unpaired) electrons. The first-order valence-corrected chi connectivity index (χ1v) is 8.50. The van der Waals surface area contributed by atoms with Crippen LogP contribution in [0.5, 0.6) is 0 Å². The predicted octanol–water partition coefficient (Wildman–Crippen LogP) is 0.824. The number of hydrogen-bond acceptors (Lipinski definition) is 5. The summed E-state index contributed by atoms with van der Waals surface area (Å²) in [5, 5.41) is 7.46. The van der Waals surface area contributed by atoms with E-state index in [1.54, 1.807) is 13.2 Å². The quantitative estimate of drug-likeness (QED) is 0.798. The number of amides is 2. The number of piperidine rings is 1. The third-order valence-corrected chi connectivity index (χ3v) is 4.91. The van der Waals surface area contributed by atoms with E-state index in [0.29, 0.717) is 30.4 Å². The van der Waals surface area contributed by atoms with Crippen LogP contribution in [-0.4, -0.2) is 71.7 Å². The number of carbonyl (C=O) groups is 2. The molecule has 1 aromatic heterocycles. The highest BCUT2D eigenvalue weighted by molar-refractivity contribution is 5.93. The fraction of sp³-hybridized carbons (Fsp3) is 0.647. The largest absolute Gasteiger partial charge is 0.384 e.